The van der Waals surface area contributed by atoms with Crippen LogP contribution < -0.4 is 10.2 Å². The van der Waals surface area contributed by atoms with Gasteiger partial charge in [0.15, 0.2) is 0 Å². The second-order valence-electron chi connectivity index (χ2n) is 6.81. The number of furan rings is 1. The van der Waals surface area contributed by atoms with Gasteiger partial charge in [-0.15, -0.1) is 0 Å². The first-order valence-electron chi connectivity index (χ1n) is 9.58. The van der Waals surface area contributed by atoms with Crippen molar-refractivity contribution in [2.75, 3.05) is 17.2 Å². The summed E-state index contributed by atoms with van der Waals surface area (Å²) in [5.41, 5.74) is 2.41. The molecule has 29 heavy (non-hydrogen) atoms. The first kappa shape index (κ1) is 19.3. The molecule has 0 radical (unpaired) electrons. The molecule has 0 saturated heterocycles. The van der Waals surface area contributed by atoms with Crippen molar-refractivity contribution in [1.82, 2.24) is 5.32 Å². The Labute approximate surface area is 174 Å². The molecule has 1 aliphatic heterocycles. The van der Waals surface area contributed by atoms with Crippen LogP contribution >= 0.6 is 11.8 Å². The molecule has 3 aromatic rings. The summed E-state index contributed by atoms with van der Waals surface area (Å²) in [6.45, 7) is 0.546. The quantitative estimate of drug-likeness (QED) is 0.605. The Hall–Kier alpha value is -2.99. The zero-order chi connectivity index (χ0) is 20.1. The summed E-state index contributed by atoms with van der Waals surface area (Å²) in [5.74, 6) is 2.20. The molecule has 0 fully saturated rings. The summed E-state index contributed by atoms with van der Waals surface area (Å²) in [4.78, 5) is 27.7. The van der Waals surface area contributed by atoms with Crippen LogP contribution in [-0.2, 0) is 17.0 Å². The van der Waals surface area contributed by atoms with Crippen LogP contribution in [0.2, 0.25) is 0 Å². The van der Waals surface area contributed by atoms with Gasteiger partial charge in [-0.2, -0.15) is 11.8 Å². The molecule has 1 aliphatic rings. The number of benzene rings is 2. The number of hydrogen-bond acceptors (Lipinski definition) is 4. The van der Waals surface area contributed by atoms with Crippen LogP contribution in [-0.4, -0.2) is 30.2 Å². The number of nitrogens with zero attached hydrogens (tertiary/aromatic N) is 1. The summed E-state index contributed by atoms with van der Waals surface area (Å²) in [5, 5.41) is 2.99. The minimum absolute atomic E-state index is 0.121. The van der Waals surface area contributed by atoms with Crippen molar-refractivity contribution in [3.05, 3.63) is 89.9 Å². The van der Waals surface area contributed by atoms with Gasteiger partial charge in [0.2, 0.25) is 5.91 Å². The number of thioether (sulfide) groups is 1. The van der Waals surface area contributed by atoms with Crippen molar-refractivity contribution in [2.24, 2.45) is 0 Å². The van der Waals surface area contributed by atoms with E-state index in [1.54, 1.807) is 35.1 Å². The van der Waals surface area contributed by atoms with Crippen molar-refractivity contribution in [3.63, 3.8) is 0 Å². The summed E-state index contributed by atoms with van der Waals surface area (Å²) < 4.78 is 5.31. The van der Waals surface area contributed by atoms with E-state index in [0.717, 1.165) is 28.5 Å². The van der Waals surface area contributed by atoms with Gasteiger partial charge >= 0.3 is 0 Å². The first-order valence-corrected chi connectivity index (χ1v) is 10.7. The highest BCUT2D eigenvalue weighted by atomic mass is 32.2. The Balaban J connectivity index is 1.41. The fraction of sp³-hybridized carbons (Fsp3) is 0.217. The number of carbonyl (C=O) groups excluding carboxylic acids is 2. The average molecular weight is 407 g/mol. The number of nitrogens with one attached hydrogen (secondary N) is 1. The van der Waals surface area contributed by atoms with Gasteiger partial charge < -0.3 is 9.73 Å². The van der Waals surface area contributed by atoms with Crippen LogP contribution in [0, 0.1) is 0 Å². The lowest BCUT2D eigenvalue weighted by Gasteiger charge is -2.25. The topological polar surface area (TPSA) is 62.6 Å². The molecule has 2 amide bonds. The molecular weight excluding hydrogens is 384 g/mol. The van der Waals surface area contributed by atoms with Crippen LogP contribution in [0.1, 0.15) is 21.7 Å². The number of amides is 2. The largest absolute Gasteiger partial charge is 0.468 e. The molecule has 1 unspecified atom stereocenters. The van der Waals surface area contributed by atoms with Crippen molar-refractivity contribution >= 4 is 29.3 Å². The lowest BCUT2D eigenvalue weighted by Crippen LogP contribution is -2.48. The monoisotopic (exact) mass is 406 g/mol. The molecule has 0 bridgehead atoms. The highest BCUT2D eigenvalue weighted by Gasteiger charge is 2.38. The van der Waals surface area contributed by atoms with Crippen molar-refractivity contribution in [2.45, 2.75) is 18.2 Å². The van der Waals surface area contributed by atoms with E-state index < -0.39 is 6.04 Å². The lowest BCUT2D eigenvalue weighted by molar-refractivity contribution is -0.122. The number of para-hydroxylation sites is 1. The van der Waals surface area contributed by atoms with Gasteiger partial charge in [-0.3, -0.25) is 14.5 Å². The van der Waals surface area contributed by atoms with E-state index in [1.165, 1.54) is 0 Å². The smallest absolute Gasteiger partial charge is 0.259 e. The average Bonchev–Trinajstić information content (AvgIpc) is 3.41. The maximum absolute atomic E-state index is 13.2. The fourth-order valence-electron chi connectivity index (χ4n) is 3.50. The Morgan fingerprint density at radius 3 is 2.62 bits per heavy atom. The highest BCUT2D eigenvalue weighted by molar-refractivity contribution is 7.98. The number of carbonyl (C=O) groups is 2. The predicted molar refractivity (Wildman–Crippen MR) is 115 cm³/mol. The van der Waals surface area contributed by atoms with Gasteiger partial charge in [-0.05, 0) is 35.9 Å². The second kappa shape index (κ2) is 9.01. The lowest BCUT2D eigenvalue weighted by atomic mass is 10.1. The van der Waals surface area contributed by atoms with Crippen LogP contribution in [0.3, 0.4) is 0 Å². The molecule has 148 valence electrons. The minimum atomic E-state index is -0.532. The molecule has 6 heteroatoms. The molecule has 0 spiro atoms. The van der Waals surface area contributed by atoms with E-state index in [-0.39, 0.29) is 11.8 Å². The molecular formula is C23H22N2O3S. The van der Waals surface area contributed by atoms with Crippen molar-refractivity contribution in [1.29, 1.82) is 0 Å². The summed E-state index contributed by atoms with van der Waals surface area (Å²) in [6.07, 6.45) is 2.19. The maximum Gasteiger partial charge on any atom is 0.259 e. The Bertz CT molecular complexity index is 973. The normalized spacial score (nSPS) is 15.2. The van der Waals surface area contributed by atoms with Gasteiger partial charge in [-0.1, -0.05) is 36.4 Å². The fourth-order valence-corrected chi connectivity index (χ4v) is 4.25. The highest BCUT2D eigenvalue weighted by Crippen LogP contribution is 2.33. The van der Waals surface area contributed by atoms with Crippen LogP contribution in [0.25, 0.3) is 0 Å². The van der Waals surface area contributed by atoms with Crippen molar-refractivity contribution in [3.8, 4) is 0 Å². The van der Waals surface area contributed by atoms with Gasteiger partial charge in [0, 0.05) is 30.0 Å². The molecule has 4 rings (SSSR count). The van der Waals surface area contributed by atoms with Crippen molar-refractivity contribution < 1.29 is 14.0 Å². The third kappa shape index (κ3) is 4.38. The van der Waals surface area contributed by atoms with Crippen LogP contribution in [0.4, 0.5) is 5.69 Å². The maximum atomic E-state index is 13.2. The standard InChI is InChI=1S/C23H22N2O3S/c26-22(24-12-14-29-16-19-10-6-13-28-19)21-15-18-9-4-5-11-20(18)25(21)23(27)17-7-2-1-3-8-17/h1-11,13,21H,12,14-16H2,(H,24,26). The summed E-state index contributed by atoms with van der Waals surface area (Å²) in [7, 11) is 0. The number of hydrogen-bond donors (Lipinski definition) is 1. The zero-order valence-corrected chi connectivity index (χ0v) is 16.7. The Kier molecular flexibility index (Phi) is 6.00. The second-order valence-corrected chi connectivity index (χ2v) is 7.92. The van der Waals surface area contributed by atoms with E-state index in [9.17, 15) is 9.59 Å². The van der Waals surface area contributed by atoms with E-state index >= 15 is 0 Å². The molecule has 0 saturated carbocycles. The predicted octanol–water partition coefficient (Wildman–Crippen LogP) is 3.90. The molecule has 1 aromatic heterocycles. The van der Waals surface area contributed by atoms with Gasteiger partial charge in [0.1, 0.15) is 11.8 Å². The number of fused-ring (bicyclic) bond motifs is 1. The number of rotatable bonds is 7. The summed E-state index contributed by atoms with van der Waals surface area (Å²) >= 11 is 1.70. The Morgan fingerprint density at radius 1 is 1.03 bits per heavy atom. The SMILES string of the molecule is O=C(NCCSCc1ccco1)C1Cc2ccccc2N1C(=O)c1ccccc1. The third-order valence-corrected chi connectivity index (χ3v) is 5.87. The summed E-state index contributed by atoms with van der Waals surface area (Å²) in [6, 6.07) is 20.1. The molecule has 0 aliphatic carbocycles. The molecule has 2 aromatic carbocycles. The first-order chi connectivity index (χ1) is 14.2. The zero-order valence-electron chi connectivity index (χ0n) is 15.9. The van der Waals surface area contributed by atoms with Gasteiger partial charge in [-0.25, -0.2) is 0 Å². The van der Waals surface area contributed by atoms with Gasteiger partial charge in [0.25, 0.3) is 5.91 Å². The van der Waals surface area contributed by atoms with E-state index in [1.807, 2.05) is 54.6 Å². The molecule has 1 atom stereocenters. The van der Waals surface area contributed by atoms with Crippen LogP contribution in [0.15, 0.2) is 77.4 Å². The molecule has 2 heterocycles. The van der Waals surface area contributed by atoms with Gasteiger partial charge in [0.05, 0.1) is 12.0 Å². The number of anilines is 1. The van der Waals surface area contributed by atoms with E-state index in [0.29, 0.717) is 18.5 Å². The third-order valence-electron chi connectivity index (χ3n) is 4.89. The van der Waals surface area contributed by atoms with E-state index in [4.69, 9.17) is 4.42 Å². The Morgan fingerprint density at radius 2 is 1.83 bits per heavy atom. The van der Waals surface area contributed by atoms with E-state index in [2.05, 4.69) is 5.32 Å². The molecule has 5 nitrogen and oxygen atoms in total. The van der Waals surface area contributed by atoms with Crippen LogP contribution in [0.5, 0.6) is 0 Å². The molecule has 1 N–H and O–H groups in total. The minimum Gasteiger partial charge on any atom is -0.468 e.